The Morgan fingerprint density at radius 1 is 1.22 bits per heavy atom. The molecule has 1 aromatic carbocycles. The van der Waals surface area contributed by atoms with Gasteiger partial charge in [0.2, 0.25) is 0 Å². The highest BCUT2D eigenvalue weighted by molar-refractivity contribution is 14.0. The Balaban J connectivity index is 0.00000484. The molecule has 7 heteroatoms. The first-order chi connectivity index (χ1) is 10.3. The van der Waals surface area contributed by atoms with E-state index in [0.717, 1.165) is 29.5 Å². The number of halogens is 2. The molecule has 1 aromatic rings. The maximum atomic E-state index is 12.0. The lowest BCUT2D eigenvalue weighted by atomic mass is 10.1. The fourth-order valence-electron chi connectivity index (χ4n) is 1.81. The van der Waals surface area contributed by atoms with Crippen LogP contribution in [0.2, 0.25) is 5.02 Å². The number of rotatable bonds is 6. The second-order valence-corrected chi connectivity index (χ2v) is 8.66. The Hall–Kier alpha value is -0.340. The van der Waals surface area contributed by atoms with Crippen molar-refractivity contribution in [1.29, 1.82) is 0 Å². The van der Waals surface area contributed by atoms with Crippen LogP contribution in [0.4, 0.5) is 0 Å². The van der Waals surface area contributed by atoms with E-state index in [1.54, 1.807) is 7.05 Å². The third kappa shape index (κ3) is 8.91. The summed E-state index contributed by atoms with van der Waals surface area (Å²) in [5, 5.41) is 7.21. The second kappa shape index (κ2) is 11.3. The van der Waals surface area contributed by atoms with Crippen LogP contribution in [-0.4, -0.2) is 40.8 Å². The van der Waals surface area contributed by atoms with E-state index in [-0.39, 0.29) is 28.7 Å². The molecule has 0 aromatic heterocycles. The molecule has 0 bridgehead atoms. The van der Waals surface area contributed by atoms with Gasteiger partial charge < -0.3 is 10.6 Å². The summed E-state index contributed by atoms with van der Waals surface area (Å²) < 4.78 is 11.8. The number of hydrogen-bond donors (Lipinski definition) is 2. The predicted octanol–water partition coefficient (Wildman–Crippen LogP) is 3.21. The van der Waals surface area contributed by atoms with Gasteiger partial charge in [0.15, 0.2) is 5.96 Å². The molecule has 0 heterocycles. The quantitative estimate of drug-likeness (QED) is 0.380. The first-order valence-electron chi connectivity index (χ1n) is 7.41. The molecule has 0 saturated heterocycles. The summed E-state index contributed by atoms with van der Waals surface area (Å²) in [6, 6.07) is 7.82. The van der Waals surface area contributed by atoms with Gasteiger partial charge in [-0.3, -0.25) is 9.20 Å². The van der Waals surface area contributed by atoms with Gasteiger partial charge in [-0.25, -0.2) is 0 Å². The molecule has 0 aliphatic carbocycles. The van der Waals surface area contributed by atoms with Crippen molar-refractivity contribution in [3.8, 4) is 0 Å². The van der Waals surface area contributed by atoms with Crippen LogP contribution < -0.4 is 10.6 Å². The van der Waals surface area contributed by atoms with Crippen LogP contribution in [0.5, 0.6) is 0 Å². The standard InChI is InChI=1S/C16H26ClN3OS.HI/c1-16(2,3)22(21)12-11-20-15(18-4)19-10-9-13-7-5-6-8-14(13)17;/h5-8H,9-12H2,1-4H3,(H2,18,19,20);1H. The van der Waals surface area contributed by atoms with E-state index in [4.69, 9.17) is 11.6 Å². The molecule has 0 fully saturated rings. The minimum absolute atomic E-state index is 0. The Kier molecular flexibility index (Phi) is 11.1. The largest absolute Gasteiger partial charge is 0.356 e. The van der Waals surface area contributed by atoms with E-state index in [1.807, 2.05) is 45.0 Å². The summed E-state index contributed by atoms with van der Waals surface area (Å²) in [4.78, 5) is 4.16. The fraction of sp³-hybridized carbons (Fsp3) is 0.562. The maximum Gasteiger partial charge on any atom is 0.191 e. The molecule has 0 amide bonds. The van der Waals surface area contributed by atoms with Gasteiger partial charge in [0, 0.05) is 46.5 Å². The number of nitrogens with one attached hydrogen (secondary N) is 2. The Morgan fingerprint density at radius 2 is 1.83 bits per heavy atom. The van der Waals surface area contributed by atoms with Crippen LogP contribution in [0.1, 0.15) is 26.3 Å². The molecule has 4 nitrogen and oxygen atoms in total. The van der Waals surface area contributed by atoms with Crippen LogP contribution in [0.3, 0.4) is 0 Å². The molecule has 0 radical (unpaired) electrons. The fourth-order valence-corrected chi connectivity index (χ4v) is 2.94. The monoisotopic (exact) mass is 471 g/mol. The van der Waals surface area contributed by atoms with Gasteiger partial charge in [0.25, 0.3) is 0 Å². The Morgan fingerprint density at radius 3 is 2.39 bits per heavy atom. The van der Waals surface area contributed by atoms with Gasteiger partial charge in [-0.15, -0.1) is 24.0 Å². The number of aliphatic imine (C=N–C) groups is 1. The zero-order valence-electron chi connectivity index (χ0n) is 14.2. The summed E-state index contributed by atoms with van der Waals surface area (Å²) in [5.41, 5.74) is 1.11. The Labute approximate surface area is 164 Å². The molecule has 1 unspecified atom stereocenters. The molecule has 1 atom stereocenters. The van der Waals surface area contributed by atoms with Crippen molar-refractivity contribution in [2.75, 3.05) is 25.9 Å². The number of guanidine groups is 1. The summed E-state index contributed by atoms with van der Waals surface area (Å²) in [6.07, 6.45) is 0.828. The predicted molar refractivity (Wildman–Crippen MR) is 113 cm³/mol. The molecule has 1 rings (SSSR count). The van der Waals surface area contributed by atoms with Crippen molar-refractivity contribution in [3.63, 3.8) is 0 Å². The highest BCUT2D eigenvalue weighted by atomic mass is 127. The first kappa shape index (κ1) is 22.7. The molecular formula is C16H27ClIN3OS. The second-order valence-electron chi connectivity index (χ2n) is 5.93. The van der Waals surface area contributed by atoms with Crippen LogP contribution >= 0.6 is 35.6 Å². The van der Waals surface area contributed by atoms with E-state index in [2.05, 4.69) is 15.6 Å². The van der Waals surface area contributed by atoms with E-state index in [0.29, 0.717) is 12.3 Å². The minimum Gasteiger partial charge on any atom is -0.356 e. The lowest BCUT2D eigenvalue weighted by Gasteiger charge is -2.18. The molecule has 2 N–H and O–H groups in total. The number of hydrogen-bond acceptors (Lipinski definition) is 2. The lowest BCUT2D eigenvalue weighted by Crippen LogP contribution is -2.41. The van der Waals surface area contributed by atoms with Crippen molar-refractivity contribution in [1.82, 2.24) is 10.6 Å². The van der Waals surface area contributed by atoms with Crippen molar-refractivity contribution in [3.05, 3.63) is 34.9 Å². The van der Waals surface area contributed by atoms with Gasteiger partial charge in [-0.2, -0.15) is 0 Å². The third-order valence-corrected chi connectivity index (χ3v) is 5.44. The molecule has 23 heavy (non-hydrogen) atoms. The van der Waals surface area contributed by atoms with Crippen molar-refractivity contribution in [2.24, 2.45) is 4.99 Å². The first-order valence-corrected chi connectivity index (χ1v) is 9.10. The molecular weight excluding hydrogens is 445 g/mol. The number of nitrogens with zero attached hydrogens (tertiary/aromatic N) is 1. The van der Waals surface area contributed by atoms with E-state index >= 15 is 0 Å². The van der Waals surface area contributed by atoms with Crippen LogP contribution in [0.15, 0.2) is 29.3 Å². The van der Waals surface area contributed by atoms with Gasteiger partial charge in [-0.1, -0.05) is 29.8 Å². The van der Waals surface area contributed by atoms with Crippen molar-refractivity contribution in [2.45, 2.75) is 31.9 Å². The maximum absolute atomic E-state index is 12.0. The molecule has 0 aliphatic rings. The van der Waals surface area contributed by atoms with Crippen LogP contribution in [-0.2, 0) is 17.2 Å². The van der Waals surface area contributed by atoms with Crippen molar-refractivity contribution >= 4 is 52.3 Å². The number of benzene rings is 1. The lowest BCUT2D eigenvalue weighted by molar-refractivity contribution is 0.647. The average molecular weight is 472 g/mol. The van der Waals surface area contributed by atoms with E-state index in [1.165, 1.54) is 0 Å². The SMILES string of the molecule is CN=C(NCCc1ccccc1Cl)NCCS(=O)C(C)(C)C.I. The van der Waals surface area contributed by atoms with Gasteiger partial charge >= 0.3 is 0 Å². The van der Waals surface area contributed by atoms with Crippen LogP contribution in [0, 0.1) is 0 Å². The molecule has 0 spiro atoms. The normalized spacial score (nSPS) is 13.2. The van der Waals surface area contributed by atoms with Crippen LogP contribution in [0.25, 0.3) is 0 Å². The zero-order chi connectivity index (χ0) is 16.6. The van der Waals surface area contributed by atoms with Gasteiger partial charge in [0.1, 0.15) is 0 Å². The topological polar surface area (TPSA) is 53.5 Å². The summed E-state index contributed by atoms with van der Waals surface area (Å²) in [7, 11) is 0.871. The molecule has 0 aliphatic heterocycles. The summed E-state index contributed by atoms with van der Waals surface area (Å²) >= 11 is 6.13. The zero-order valence-corrected chi connectivity index (χ0v) is 18.1. The Bertz CT molecular complexity index is 532. The minimum atomic E-state index is -0.857. The highest BCUT2D eigenvalue weighted by Crippen LogP contribution is 2.14. The summed E-state index contributed by atoms with van der Waals surface area (Å²) in [5.74, 6) is 1.33. The van der Waals surface area contributed by atoms with E-state index in [9.17, 15) is 4.21 Å². The highest BCUT2D eigenvalue weighted by Gasteiger charge is 2.18. The molecule has 0 saturated carbocycles. The average Bonchev–Trinajstić information content (AvgIpc) is 2.46. The van der Waals surface area contributed by atoms with Gasteiger partial charge in [0.05, 0.1) is 0 Å². The van der Waals surface area contributed by atoms with Crippen molar-refractivity contribution < 1.29 is 4.21 Å². The smallest absolute Gasteiger partial charge is 0.191 e. The van der Waals surface area contributed by atoms with Gasteiger partial charge in [-0.05, 0) is 38.8 Å². The molecule has 132 valence electrons. The third-order valence-electron chi connectivity index (χ3n) is 3.13. The van der Waals surface area contributed by atoms with E-state index < -0.39 is 10.8 Å². The summed E-state index contributed by atoms with van der Waals surface area (Å²) in [6.45, 7) is 7.33.